The molecule has 0 spiro atoms. The highest BCUT2D eigenvalue weighted by atomic mass is 19.4. The summed E-state index contributed by atoms with van der Waals surface area (Å²) in [6.45, 7) is 1.31. The van der Waals surface area contributed by atoms with Crippen LogP contribution in [0.5, 0.6) is 0 Å². The summed E-state index contributed by atoms with van der Waals surface area (Å²) in [4.78, 5) is 16.3. The number of rotatable bonds is 4. The third-order valence-corrected chi connectivity index (χ3v) is 4.99. The number of benzene rings is 1. The van der Waals surface area contributed by atoms with Gasteiger partial charge in [0.1, 0.15) is 5.69 Å². The second kappa shape index (κ2) is 6.12. The average molecular weight is 364 g/mol. The number of halogens is 3. The summed E-state index contributed by atoms with van der Waals surface area (Å²) in [6, 6.07) is 4.36. The van der Waals surface area contributed by atoms with Crippen LogP contribution in [-0.2, 0) is 6.18 Å². The normalized spacial score (nSPS) is 20.0. The number of pyridine rings is 1. The van der Waals surface area contributed by atoms with Crippen LogP contribution in [0.1, 0.15) is 46.8 Å². The molecule has 2 aliphatic rings. The fourth-order valence-corrected chi connectivity index (χ4v) is 3.19. The maximum absolute atomic E-state index is 13.6. The summed E-state index contributed by atoms with van der Waals surface area (Å²) in [6.07, 6.45) is -1.85. The maximum Gasteiger partial charge on any atom is 0.418 e. The quantitative estimate of drug-likeness (QED) is 0.779. The van der Waals surface area contributed by atoms with E-state index in [2.05, 4.69) is 15.6 Å². The Bertz CT molecular complexity index is 873. The molecule has 2 fully saturated rings. The monoisotopic (exact) mass is 364 g/mol. The highest BCUT2D eigenvalue weighted by Crippen LogP contribution is 2.45. The Kier molecular flexibility index (Phi) is 4.02. The minimum absolute atomic E-state index is 0.0982. The molecule has 0 bridgehead atoms. The first-order valence-electron chi connectivity index (χ1n) is 8.66. The van der Waals surface area contributed by atoms with E-state index in [9.17, 15) is 18.0 Å². The van der Waals surface area contributed by atoms with E-state index in [4.69, 9.17) is 5.73 Å². The molecular formula is C18H19F3N4O. The zero-order valence-corrected chi connectivity index (χ0v) is 14.0. The smallest absolute Gasteiger partial charge is 0.398 e. The van der Waals surface area contributed by atoms with Crippen molar-refractivity contribution in [3.63, 3.8) is 0 Å². The summed E-state index contributed by atoms with van der Waals surface area (Å²) in [7, 11) is 0. The molecule has 1 amide bonds. The van der Waals surface area contributed by atoms with E-state index in [1.807, 2.05) is 0 Å². The molecule has 4 rings (SSSR count). The molecule has 2 aromatic rings. The van der Waals surface area contributed by atoms with Gasteiger partial charge in [0, 0.05) is 23.7 Å². The molecule has 1 aromatic heterocycles. The lowest BCUT2D eigenvalue weighted by Crippen LogP contribution is -2.50. The van der Waals surface area contributed by atoms with Crippen LogP contribution in [0.3, 0.4) is 0 Å². The van der Waals surface area contributed by atoms with Crippen LogP contribution in [-0.4, -0.2) is 30.0 Å². The minimum atomic E-state index is -4.56. The van der Waals surface area contributed by atoms with Crippen LogP contribution in [0.15, 0.2) is 18.2 Å². The van der Waals surface area contributed by atoms with Crippen molar-refractivity contribution in [3.8, 4) is 0 Å². The number of carbonyl (C=O) groups excluding carboxylic acids is 1. The van der Waals surface area contributed by atoms with Gasteiger partial charge in [0.05, 0.1) is 11.1 Å². The third-order valence-electron chi connectivity index (χ3n) is 4.99. The highest BCUT2D eigenvalue weighted by Gasteiger charge is 2.36. The molecule has 8 heteroatoms. The first-order chi connectivity index (χ1) is 12.3. The zero-order chi connectivity index (χ0) is 18.5. The zero-order valence-electron chi connectivity index (χ0n) is 14.0. The number of fused-ring (bicyclic) bond motifs is 1. The summed E-state index contributed by atoms with van der Waals surface area (Å²) >= 11 is 0. The Hall–Kier alpha value is -2.35. The number of aromatic nitrogens is 1. The topological polar surface area (TPSA) is 80.0 Å². The van der Waals surface area contributed by atoms with E-state index >= 15 is 0 Å². The van der Waals surface area contributed by atoms with Crippen LogP contribution in [0.2, 0.25) is 0 Å². The van der Waals surface area contributed by atoms with Gasteiger partial charge in [-0.2, -0.15) is 13.2 Å². The number of nitrogens with one attached hydrogen (secondary N) is 2. The Morgan fingerprint density at radius 2 is 2.00 bits per heavy atom. The number of alkyl halides is 3. The molecule has 1 atom stereocenters. The number of nitrogens with two attached hydrogens (primary N) is 1. The summed E-state index contributed by atoms with van der Waals surface area (Å²) in [5, 5.41) is 6.08. The molecule has 1 saturated carbocycles. The van der Waals surface area contributed by atoms with Crippen LogP contribution < -0.4 is 16.4 Å². The molecule has 5 nitrogen and oxygen atoms in total. The van der Waals surface area contributed by atoms with Crippen molar-refractivity contribution in [1.29, 1.82) is 0 Å². The van der Waals surface area contributed by atoms with E-state index in [0.29, 0.717) is 12.1 Å². The van der Waals surface area contributed by atoms with Crippen molar-refractivity contribution in [3.05, 3.63) is 35.0 Å². The molecule has 26 heavy (non-hydrogen) atoms. The molecule has 1 unspecified atom stereocenters. The number of amides is 1. The van der Waals surface area contributed by atoms with Gasteiger partial charge in [-0.3, -0.25) is 4.79 Å². The molecule has 2 heterocycles. The SMILES string of the molecule is Nc1cc(C(=O)NCC2CCN2)nc2c(C(F)(F)F)cc(C3CC3)cc12. The number of hydrogen-bond donors (Lipinski definition) is 3. The number of nitrogen functional groups attached to an aromatic ring is 1. The predicted octanol–water partition coefficient (Wildman–Crippen LogP) is 2.80. The summed E-state index contributed by atoms with van der Waals surface area (Å²) in [5.41, 5.74) is 5.55. The predicted molar refractivity (Wildman–Crippen MR) is 91.9 cm³/mol. The first-order valence-corrected chi connectivity index (χ1v) is 8.66. The van der Waals surface area contributed by atoms with Gasteiger partial charge < -0.3 is 16.4 Å². The minimum Gasteiger partial charge on any atom is -0.398 e. The number of hydrogen-bond acceptors (Lipinski definition) is 4. The Labute approximate surface area is 148 Å². The van der Waals surface area contributed by atoms with Gasteiger partial charge in [-0.15, -0.1) is 0 Å². The van der Waals surface area contributed by atoms with E-state index in [1.54, 1.807) is 6.07 Å². The molecule has 1 aliphatic carbocycles. The van der Waals surface area contributed by atoms with Crippen molar-refractivity contribution in [2.24, 2.45) is 0 Å². The lowest BCUT2D eigenvalue weighted by atomic mass is 10.00. The molecule has 1 aromatic carbocycles. The Morgan fingerprint density at radius 1 is 1.27 bits per heavy atom. The van der Waals surface area contributed by atoms with E-state index in [-0.39, 0.29) is 34.2 Å². The summed E-state index contributed by atoms with van der Waals surface area (Å²) < 4.78 is 40.7. The Morgan fingerprint density at radius 3 is 2.58 bits per heavy atom. The second-order valence-corrected chi connectivity index (χ2v) is 6.98. The lowest BCUT2D eigenvalue weighted by molar-refractivity contribution is -0.136. The average Bonchev–Trinajstić information content (AvgIpc) is 3.36. The first kappa shape index (κ1) is 17.1. The molecule has 1 aliphatic heterocycles. The number of nitrogens with zero attached hydrogens (tertiary/aromatic N) is 1. The van der Waals surface area contributed by atoms with Crippen molar-refractivity contribution >= 4 is 22.5 Å². The fraction of sp³-hybridized carbons (Fsp3) is 0.444. The van der Waals surface area contributed by atoms with E-state index in [1.165, 1.54) is 6.07 Å². The van der Waals surface area contributed by atoms with Crippen molar-refractivity contribution in [2.75, 3.05) is 18.8 Å². The summed E-state index contributed by atoms with van der Waals surface area (Å²) in [5.74, 6) is -0.371. The van der Waals surface area contributed by atoms with Gasteiger partial charge in [-0.1, -0.05) is 0 Å². The second-order valence-electron chi connectivity index (χ2n) is 6.98. The van der Waals surface area contributed by atoms with Crippen LogP contribution in [0.4, 0.5) is 18.9 Å². The van der Waals surface area contributed by atoms with Crippen LogP contribution in [0.25, 0.3) is 10.9 Å². The van der Waals surface area contributed by atoms with Gasteiger partial charge in [0.15, 0.2) is 0 Å². The molecule has 1 saturated heterocycles. The third kappa shape index (κ3) is 3.21. The molecular weight excluding hydrogens is 345 g/mol. The van der Waals surface area contributed by atoms with Crippen molar-refractivity contribution in [1.82, 2.24) is 15.6 Å². The maximum atomic E-state index is 13.6. The fourth-order valence-electron chi connectivity index (χ4n) is 3.19. The van der Waals surface area contributed by atoms with E-state index in [0.717, 1.165) is 31.9 Å². The molecule has 0 radical (unpaired) electrons. The van der Waals surface area contributed by atoms with Gasteiger partial charge in [0.25, 0.3) is 5.91 Å². The van der Waals surface area contributed by atoms with Gasteiger partial charge >= 0.3 is 6.18 Å². The highest BCUT2D eigenvalue weighted by molar-refractivity contribution is 6.00. The molecule has 138 valence electrons. The largest absolute Gasteiger partial charge is 0.418 e. The van der Waals surface area contributed by atoms with Crippen molar-refractivity contribution in [2.45, 2.75) is 37.4 Å². The lowest BCUT2D eigenvalue weighted by Gasteiger charge is -2.27. The van der Waals surface area contributed by atoms with Gasteiger partial charge in [-0.05, 0) is 55.5 Å². The van der Waals surface area contributed by atoms with Crippen molar-refractivity contribution < 1.29 is 18.0 Å². The van der Waals surface area contributed by atoms with Gasteiger partial charge in [0.2, 0.25) is 0 Å². The van der Waals surface area contributed by atoms with Crippen LogP contribution >= 0.6 is 0 Å². The van der Waals surface area contributed by atoms with E-state index < -0.39 is 17.6 Å². The Balaban J connectivity index is 1.74. The molecule has 4 N–H and O–H groups in total. The number of anilines is 1. The van der Waals surface area contributed by atoms with Gasteiger partial charge in [-0.25, -0.2) is 4.98 Å². The van der Waals surface area contributed by atoms with Crippen LogP contribution in [0, 0.1) is 0 Å². The standard InChI is InChI=1S/C18H19F3N4O/c19-18(20,21)13-6-10(9-1-2-9)5-12-14(22)7-15(25-16(12)13)17(26)24-8-11-3-4-23-11/h5-7,9,11,23H,1-4,8H2,(H2,22,25)(H,24,26). The number of carbonyl (C=O) groups is 1.